The molecule has 1 aliphatic rings. The number of nitriles is 1. The van der Waals surface area contributed by atoms with Crippen molar-refractivity contribution in [2.24, 2.45) is 0 Å². The smallest absolute Gasteiger partial charge is 0.254 e. The van der Waals surface area contributed by atoms with Gasteiger partial charge in [-0.05, 0) is 35.2 Å². The number of carbonyl (C=O) groups is 2. The summed E-state index contributed by atoms with van der Waals surface area (Å²) in [6, 6.07) is 20.1. The van der Waals surface area contributed by atoms with E-state index in [-0.39, 0.29) is 17.7 Å². The topological polar surface area (TPSA) is 73.6 Å². The molecule has 4 rings (SSSR count). The van der Waals surface area contributed by atoms with Crippen LogP contribution in [-0.2, 0) is 0 Å². The maximum absolute atomic E-state index is 13.3. The molecule has 0 bridgehead atoms. The third kappa shape index (κ3) is 4.42. The molecule has 1 atom stereocenters. The van der Waals surface area contributed by atoms with Crippen molar-refractivity contribution < 1.29 is 14.3 Å². The highest BCUT2D eigenvalue weighted by atomic mass is 32.1. The molecule has 1 amide bonds. The van der Waals surface area contributed by atoms with Crippen LogP contribution in [-0.4, -0.2) is 54.8 Å². The van der Waals surface area contributed by atoms with Gasteiger partial charge in [0.1, 0.15) is 11.8 Å². The molecule has 1 saturated heterocycles. The lowest BCUT2D eigenvalue weighted by Gasteiger charge is -2.37. The van der Waals surface area contributed by atoms with E-state index in [4.69, 9.17) is 4.74 Å². The van der Waals surface area contributed by atoms with Gasteiger partial charge in [0.25, 0.3) is 5.91 Å². The zero-order chi connectivity index (χ0) is 22.5. The van der Waals surface area contributed by atoms with Crippen LogP contribution in [0.4, 0.5) is 0 Å². The first-order valence-corrected chi connectivity index (χ1v) is 11.2. The lowest BCUT2D eigenvalue weighted by atomic mass is 10.0. The number of benzene rings is 2. The van der Waals surface area contributed by atoms with Crippen LogP contribution in [0.3, 0.4) is 0 Å². The number of ether oxygens (including phenoxy) is 1. The Balaban J connectivity index is 1.46. The summed E-state index contributed by atoms with van der Waals surface area (Å²) in [5, 5.41) is 11.6. The first kappa shape index (κ1) is 21.8. The molecule has 0 saturated carbocycles. The Kier molecular flexibility index (Phi) is 6.64. The van der Waals surface area contributed by atoms with E-state index in [9.17, 15) is 14.9 Å². The van der Waals surface area contributed by atoms with E-state index >= 15 is 0 Å². The van der Waals surface area contributed by atoms with Gasteiger partial charge in [0, 0.05) is 31.7 Å². The first-order valence-electron chi connectivity index (χ1n) is 10.4. The van der Waals surface area contributed by atoms with Crippen LogP contribution >= 0.6 is 11.3 Å². The molecule has 1 unspecified atom stereocenters. The lowest BCUT2D eigenvalue weighted by Crippen LogP contribution is -2.49. The Morgan fingerprint density at radius 3 is 2.25 bits per heavy atom. The molecule has 1 fully saturated rings. The molecule has 1 aliphatic heterocycles. The van der Waals surface area contributed by atoms with Crippen molar-refractivity contribution in [1.82, 2.24) is 9.80 Å². The first-order chi connectivity index (χ1) is 15.6. The van der Waals surface area contributed by atoms with Crippen LogP contribution in [0.5, 0.6) is 5.75 Å². The van der Waals surface area contributed by atoms with E-state index in [1.165, 1.54) is 11.3 Å². The molecule has 2 heterocycles. The minimum atomic E-state index is -0.383. The number of hydrogen-bond donors (Lipinski definition) is 0. The van der Waals surface area contributed by atoms with Gasteiger partial charge >= 0.3 is 0 Å². The number of rotatable bonds is 6. The molecular formula is C25H23N3O3S. The Labute approximate surface area is 191 Å². The van der Waals surface area contributed by atoms with E-state index in [0.29, 0.717) is 42.2 Å². The van der Waals surface area contributed by atoms with Gasteiger partial charge in [0.05, 0.1) is 23.6 Å². The van der Waals surface area contributed by atoms with Gasteiger partial charge in [0.15, 0.2) is 0 Å². The molecule has 2 aromatic carbocycles. The van der Waals surface area contributed by atoms with Crippen LogP contribution in [0.2, 0.25) is 0 Å². The third-order valence-electron chi connectivity index (χ3n) is 5.67. The average molecular weight is 446 g/mol. The quantitative estimate of drug-likeness (QED) is 0.536. The van der Waals surface area contributed by atoms with Gasteiger partial charge in [-0.1, -0.05) is 36.4 Å². The summed E-state index contributed by atoms with van der Waals surface area (Å²) in [6.45, 7) is 2.15. The molecule has 0 spiro atoms. The highest BCUT2D eigenvalue weighted by Crippen LogP contribution is 2.25. The summed E-state index contributed by atoms with van der Waals surface area (Å²) in [5.74, 6) is 0.464. The van der Waals surface area contributed by atoms with Gasteiger partial charge < -0.3 is 9.64 Å². The van der Waals surface area contributed by atoms with Crippen molar-refractivity contribution in [1.29, 1.82) is 5.26 Å². The minimum Gasteiger partial charge on any atom is -0.497 e. The molecule has 6 nitrogen and oxygen atoms in total. The number of methoxy groups -OCH3 is 1. The van der Waals surface area contributed by atoms with Crippen LogP contribution in [0.25, 0.3) is 0 Å². The monoisotopic (exact) mass is 445 g/mol. The highest BCUT2D eigenvalue weighted by Gasteiger charge is 2.29. The van der Waals surface area contributed by atoms with Crippen molar-refractivity contribution in [2.45, 2.75) is 6.04 Å². The van der Waals surface area contributed by atoms with E-state index in [1.807, 2.05) is 35.7 Å². The van der Waals surface area contributed by atoms with Gasteiger partial charge in [-0.15, -0.1) is 11.3 Å². The second-order valence-electron chi connectivity index (χ2n) is 7.48. The SMILES string of the molecule is COc1ccc(C(C#N)N2CCN(C(=O)c3ccccc3C(=O)c3cccs3)CC2)cc1. The van der Waals surface area contributed by atoms with E-state index in [2.05, 4.69) is 11.0 Å². The van der Waals surface area contributed by atoms with Crippen LogP contribution in [0.1, 0.15) is 37.2 Å². The summed E-state index contributed by atoms with van der Waals surface area (Å²) < 4.78 is 5.20. The summed E-state index contributed by atoms with van der Waals surface area (Å²) in [5.41, 5.74) is 1.75. The Bertz CT molecular complexity index is 1130. The Hall–Kier alpha value is -3.47. The number of carbonyl (C=O) groups excluding carboxylic acids is 2. The average Bonchev–Trinajstić information content (AvgIpc) is 3.40. The van der Waals surface area contributed by atoms with Crippen molar-refractivity contribution >= 4 is 23.0 Å². The molecule has 0 radical (unpaired) electrons. The molecule has 1 aromatic heterocycles. The third-order valence-corrected chi connectivity index (χ3v) is 6.54. The Morgan fingerprint density at radius 1 is 0.969 bits per heavy atom. The number of ketones is 1. The van der Waals surface area contributed by atoms with Crippen LogP contribution < -0.4 is 4.74 Å². The maximum Gasteiger partial charge on any atom is 0.254 e. The van der Waals surface area contributed by atoms with Gasteiger partial charge in [-0.2, -0.15) is 5.26 Å². The fourth-order valence-electron chi connectivity index (χ4n) is 3.91. The van der Waals surface area contributed by atoms with Crippen molar-refractivity contribution in [2.75, 3.05) is 33.3 Å². The van der Waals surface area contributed by atoms with E-state index in [1.54, 1.807) is 42.3 Å². The van der Waals surface area contributed by atoms with E-state index < -0.39 is 0 Å². The number of piperazine rings is 1. The molecular weight excluding hydrogens is 422 g/mol. The van der Waals surface area contributed by atoms with Crippen molar-refractivity contribution in [3.05, 3.63) is 87.6 Å². The standard InChI is InChI=1S/C25H23N3O3S/c1-31-19-10-8-18(9-11-19)22(17-26)27-12-14-28(15-13-27)25(30)21-6-3-2-5-20(21)24(29)23-7-4-16-32-23/h2-11,16,22H,12-15H2,1H3. The molecule has 0 aliphatic carbocycles. The zero-order valence-electron chi connectivity index (χ0n) is 17.7. The number of thiophene rings is 1. The van der Waals surface area contributed by atoms with E-state index in [0.717, 1.165) is 11.3 Å². The summed E-state index contributed by atoms with van der Waals surface area (Å²) in [4.78, 5) is 30.6. The molecule has 0 N–H and O–H groups in total. The van der Waals surface area contributed by atoms with Crippen molar-refractivity contribution in [3.8, 4) is 11.8 Å². The largest absolute Gasteiger partial charge is 0.497 e. The Morgan fingerprint density at radius 2 is 1.66 bits per heavy atom. The lowest BCUT2D eigenvalue weighted by molar-refractivity contribution is 0.0603. The summed E-state index contributed by atoms with van der Waals surface area (Å²) >= 11 is 1.37. The van der Waals surface area contributed by atoms with Crippen LogP contribution in [0, 0.1) is 11.3 Å². The van der Waals surface area contributed by atoms with Gasteiger partial charge in [0.2, 0.25) is 5.78 Å². The highest BCUT2D eigenvalue weighted by molar-refractivity contribution is 7.12. The fourth-order valence-corrected chi connectivity index (χ4v) is 4.59. The summed E-state index contributed by atoms with van der Waals surface area (Å²) in [7, 11) is 1.61. The predicted octanol–water partition coefficient (Wildman–Crippen LogP) is 4.01. The number of nitrogens with zero attached hydrogens (tertiary/aromatic N) is 3. The second-order valence-corrected chi connectivity index (χ2v) is 8.43. The normalized spacial score (nSPS) is 15.1. The minimum absolute atomic E-state index is 0.133. The molecule has 162 valence electrons. The molecule has 32 heavy (non-hydrogen) atoms. The summed E-state index contributed by atoms with van der Waals surface area (Å²) in [6.07, 6.45) is 0. The second kappa shape index (κ2) is 9.77. The number of hydrogen-bond acceptors (Lipinski definition) is 6. The zero-order valence-corrected chi connectivity index (χ0v) is 18.5. The van der Waals surface area contributed by atoms with Gasteiger partial charge in [-0.25, -0.2) is 0 Å². The molecule has 7 heteroatoms. The molecule has 3 aromatic rings. The number of amides is 1. The van der Waals surface area contributed by atoms with Crippen molar-refractivity contribution in [3.63, 3.8) is 0 Å². The maximum atomic E-state index is 13.3. The predicted molar refractivity (Wildman–Crippen MR) is 123 cm³/mol. The van der Waals surface area contributed by atoms with Crippen LogP contribution in [0.15, 0.2) is 66.0 Å². The fraction of sp³-hybridized carbons (Fsp3) is 0.240. The van der Waals surface area contributed by atoms with Gasteiger partial charge in [-0.3, -0.25) is 14.5 Å².